The van der Waals surface area contributed by atoms with Crippen LogP contribution in [-0.2, 0) is 16.1 Å². The number of aryl methyl sites for hydroxylation is 1. The Bertz CT molecular complexity index is 469. The van der Waals surface area contributed by atoms with Crippen LogP contribution in [0.3, 0.4) is 0 Å². The van der Waals surface area contributed by atoms with Gasteiger partial charge < -0.3 is 14.6 Å². The number of amides is 1. The van der Waals surface area contributed by atoms with E-state index in [1.807, 2.05) is 11.5 Å². The second-order valence-corrected chi connectivity index (χ2v) is 4.61. The van der Waals surface area contributed by atoms with E-state index in [9.17, 15) is 14.7 Å². The fourth-order valence-electron chi connectivity index (χ4n) is 2.50. The third kappa shape index (κ3) is 1.98. The lowest BCUT2D eigenvalue weighted by Crippen LogP contribution is -2.28. The number of rotatable bonds is 4. The summed E-state index contributed by atoms with van der Waals surface area (Å²) in [6.45, 7) is 2.82. The average molecular weight is 251 g/mol. The van der Waals surface area contributed by atoms with Crippen molar-refractivity contribution in [2.75, 3.05) is 7.05 Å². The van der Waals surface area contributed by atoms with Crippen LogP contribution in [0.4, 0.5) is 0 Å². The molecule has 2 atom stereocenters. The number of carbonyl (C=O) groups excluding carboxylic acids is 1. The Morgan fingerprint density at radius 3 is 2.94 bits per heavy atom. The number of likely N-dealkylation sites (tertiary alicyclic amines) is 1. The van der Waals surface area contributed by atoms with Gasteiger partial charge in [-0.05, 0) is 6.42 Å². The minimum atomic E-state index is -0.929. The Morgan fingerprint density at radius 1 is 1.61 bits per heavy atom. The largest absolute Gasteiger partial charge is 0.481 e. The number of imidazole rings is 1. The molecular weight excluding hydrogens is 234 g/mol. The summed E-state index contributed by atoms with van der Waals surface area (Å²) in [4.78, 5) is 28.5. The van der Waals surface area contributed by atoms with Crippen molar-refractivity contribution in [1.29, 1.82) is 0 Å². The minimum absolute atomic E-state index is 0.0633. The van der Waals surface area contributed by atoms with Gasteiger partial charge in [-0.1, -0.05) is 6.92 Å². The first kappa shape index (κ1) is 12.6. The molecule has 2 rings (SSSR count). The monoisotopic (exact) mass is 251 g/mol. The van der Waals surface area contributed by atoms with Crippen LogP contribution in [0.5, 0.6) is 0 Å². The van der Waals surface area contributed by atoms with Gasteiger partial charge in [-0.3, -0.25) is 9.59 Å². The predicted octanol–water partition coefficient (Wildman–Crippen LogP) is 0.897. The Kier molecular flexibility index (Phi) is 3.36. The van der Waals surface area contributed by atoms with Gasteiger partial charge in [0, 0.05) is 20.0 Å². The van der Waals surface area contributed by atoms with Gasteiger partial charge >= 0.3 is 5.97 Å². The van der Waals surface area contributed by atoms with Gasteiger partial charge in [-0.2, -0.15) is 0 Å². The summed E-state index contributed by atoms with van der Waals surface area (Å²) in [5.41, 5.74) is 0.803. The topological polar surface area (TPSA) is 75.4 Å². The molecule has 1 N–H and O–H groups in total. The van der Waals surface area contributed by atoms with Crippen molar-refractivity contribution in [3.8, 4) is 0 Å². The molecule has 1 aliphatic rings. The molecule has 18 heavy (non-hydrogen) atoms. The molecule has 0 aliphatic carbocycles. The van der Waals surface area contributed by atoms with E-state index in [2.05, 4.69) is 4.98 Å². The summed E-state index contributed by atoms with van der Waals surface area (Å²) in [6, 6.07) is -0.413. The van der Waals surface area contributed by atoms with Crippen molar-refractivity contribution < 1.29 is 14.7 Å². The standard InChI is InChI=1S/C12H17N3O3/c1-3-4-15-7-13-6-9(15)11-8(12(17)18)5-10(16)14(11)2/h6-8,11H,3-5H2,1-2H3,(H,17,18). The van der Waals surface area contributed by atoms with Crippen LogP contribution in [-0.4, -0.2) is 38.5 Å². The number of carboxylic acids is 1. The molecule has 1 aliphatic heterocycles. The van der Waals surface area contributed by atoms with Gasteiger partial charge in [0.25, 0.3) is 0 Å². The Morgan fingerprint density at radius 2 is 2.33 bits per heavy atom. The van der Waals surface area contributed by atoms with Crippen LogP contribution in [0.25, 0.3) is 0 Å². The molecule has 1 saturated heterocycles. The average Bonchev–Trinajstić information content (AvgIpc) is 2.86. The van der Waals surface area contributed by atoms with Crippen LogP contribution < -0.4 is 0 Å². The molecule has 0 bridgehead atoms. The number of hydrogen-bond donors (Lipinski definition) is 1. The second kappa shape index (κ2) is 4.80. The van der Waals surface area contributed by atoms with E-state index < -0.39 is 17.9 Å². The second-order valence-electron chi connectivity index (χ2n) is 4.61. The highest BCUT2D eigenvalue weighted by Crippen LogP contribution is 2.36. The Labute approximate surface area is 105 Å². The van der Waals surface area contributed by atoms with Crippen LogP contribution in [0.15, 0.2) is 12.5 Å². The summed E-state index contributed by atoms with van der Waals surface area (Å²) in [5.74, 6) is -1.74. The van der Waals surface area contributed by atoms with Crippen molar-refractivity contribution in [3.05, 3.63) is 18.2 Å². The number of aromatic nitrogens is 2. The molecule has 1 aromatic rings. The lowest BCUT2D eigenvalue weighted by Gasteiger charge is -2.24. The van der Waals surface area contributed by atoms with Gasteiger partial charge in [0.15, 0.2) is 0 Å². The lowest BCUT2D eigenvalue weighted by molar-refractivity contribution is -0.142. The molecule has 6 heteroatoms. The molecule has 2 heterocycles. The molecule has 1 fully saturated rings. The highest BCUT2D eigenvalue weighted by Gasteiger charge is 2.44. The van der Waals surface area contributed by atoms with Gasteiger partial charge in [-0.15, -0.1) is 0 Å². The molecule has 0 radical (unpaired) electrons. The van der Waals surface area contributed by atoms with E-state index in [1.165, 1.54) is 4.90 Å². The number of hydrogen-bond acceptors (Lipinski definition) is 3. The van der Waals surface area contributed by atoms with Gasteiger partial charge in [-0.25, -0.2) is 4.98 Å². The van der Waals surface area contributed by atoms with E-state index in [1.54, 1.807) is 19.6 Å². The maximum absolute atomic E-state index is 11.7. The normalized spacial score (nSPS) is 23.7. The summed E-state index contributed by atoms with van der Waals surface area (Å²) < 4.78 is 1.93. The Balaban J connectivity index is 2.36. The fourth-order valence-corrected chi connectivity index (χ4v) is 2.50. The molecular formula is C12H17N3O3. The first-order valence-corrected chi connectivity index (χ1v) is 6.04. The van der Waals surface area contributed by atoms with E-state index in [0.717, 1.165) is 18.7 Å². The first-order chi connectivity index (χ1) is 8.56. The van der Waals surface area contributed by atoms with E-state index in [4.69, 9.17) is 0 Å². The smallest absolute Gasteiger partial charge is 0.309 e. The van der Waals surface area contributed by atoms with Gasteiger partial charge in [0.2, 0.25) is 5.91 Å². The molecule has 0 spiro atoms. The van der Waals surface area contributed by atoms with Crippen LogP contribution in [0, 0.1) is 5.92 Å². The van der Waals surface area contributed by atoms with Crippen molar-refractivity contribution in [3.63, 3.8) is 0 Å². The SMILES string of the molecule is CCCn1cncc1C1C(C(=O)O)CC(=O)N1C. The molecule has 6 nitrogen and oxygen atoms in total. The van der Waals surface area contributed by atoms with Crippen molar-refractivity contribution in [1.82, 2.24) is 14.5 Å². The van der Waals surface area contributed by atoms with Crippen molar-refractivity contribution in [2.45, 2.75) is 32.4 Å². The van der Waals surface area contributed by atoms with Crippen LogP contribution in [0.1, 0.15) is 31.5 Å². The first-order valence-electron chi connectivity index (χ1n) is 6.04. The minimum Gasteiger partial charge on any atom is -0.481 e. The van der Waals surface area contributed by atoms with Crippen molar-refractivity contribution in [2.24, 2.45) is 5.92 Å². The number of carbonyl (C=O) groups is 2. The lowest BCUT2D eigenvalue weighted by atomic mass is 9.98. The zero-order valence-electron chi connectivity index (χ0n) is 10.5. The van der Waals surface area contributed by atoms with Crippen molar-refractivity contribution >= 4 is 11.9 Å². The summed E-state index contributed by atoms with van der Waals surface area (Å²) >= 11 is 0. The Hall–Kier alpha value is -1.85. The van der Waals surface area contributed by atoms with Gasteiger partial charge in [0.05, 0.1) is 30.2 Å². The highest BCUT2D eigenvalue weighted by atomic mass is 16.4. The quantitative estimate of drug-likeness (QED) is 0.862. The number of nitrogens with zero attached hydrogens (tertiary/aromatic N) is 3. The molecule has 1 amide bonds. The third-order valence-electron chi connectivity index (χ3n) is 3.42. The zero-order chi connectivity index (χ0) is 13.3. The number of carboxylic acid groups (broad SMARTS) is 1. The molecule has 98 valence electrons. The predicted molar refractivity (Wildman–Crippen MR) is 63.8 cm³/mol. The van der Waals surface area contributed by atoms with E-state index >= 15 is 0 Å². The highest BCUT2D eigenvalue weighted by molar-refractivity contribution is 5.87. The fraction of sp³-hybridized carbons (Fsp3) is 0.583. The third-order valence-corrected chi connectivity index (χ3v) is 3.42. The molecule has 0 aromatic carbocycles. The van der Waals surface area contributed by atoms with E-state index in [-0.39, 0.29) is 12.3 Å². The van der Waals surface area contributed by atoms with Crippen LogP contribution >= 0.6 is 0 Å². The maximum atomic E-state index is 11.7. The zero-order valence-corrected chi connectivity index (χ0v) is 10.5. The molecule has 0 saturated carbocycles. The number of aliphatic carboxylic acids is 1. The van der Waals surface area contributed by atoms with E-state index in [0.29, 0.717) is 0 Å². The maximum Gasteiger partial charge on any atom is 0.309 e. The summed E-state index contributed by atoms with van der Waals surface area (Å²) in [6.07, 6.45) is 4.35. The van der Waals surface area contributed by atoms with Gasteiger partial charge in [0.1, 0.15) is 0 Å². The van der Waals surface area contributed by atoms with Crippen LogP contribution in [0.2, 0.25) is 0 Å². The summed E-state index contributed by atoms with van der Waals surface area (Å²) in [7, 11) is 1.65. The molecule has 2 unspecified atom stereocenters. The summed E-state index contributed by atoms with van der Waals surface area (Å²) in [5, 5.41) is 9.23. The molecule has 1 aromatic heterocycles.